The third-order valence-corrected chi connectivity index (χ3v) is 2.69. The number of ketones is 1. The topological polar surface area (TPSA) is 17.1 Å². The van der Waals surface area contributed by atoms with E-state index >= 15 is 0 Å². The van der Waals surface area contributed by atoms with Crippen LogP contribution in [0.4, 0.5) is 0 Å². The van der Waals surface area contributed by atoms with E-state index in [-0.39, 0.29) is 5.78 Å². The van der Waals surface area contributed by atoms with E-state index in [1.54, 1.807) is 0 Å². The van der Waals surface area contributed by atoms with Gasteiger partial charge in [-0.1, -0.05) is 48.5 Å². The van der Waals surface area contributed by atoms with Gasteiger partial charge in [0.05, 0.1) is 0 Å². The molecule has 2 rings (SSSR count). The number of hydrogen-bond donors (Lipinski definition) is 0. The summed E-state index contributed by atoms with van der Waals surface area (Å²) < 4.78 is 0. The Labute approximate surface area is 99.7 Å². The van der Waals surface area contributed by atoms with Crippen LogP contribution in [0.5, 0.6) is 0 Å². The van der Waals surface area contributed by atoms with E-state index < -0.39 is 0 Å². The molecule has 0 radical (unpaired) electrons. The molecule has 0 aromatic heterocycles. The monoisotopic (exact) mass is 230 g/mol. The quantitative estimate of drug-likeness (QED) is 0.581. The second-order valence-electron chi connectivity index (χ2n) is 3.53. The van der Waals surface area contributed by atoms with Crippen molar-refractivity contribution >= 4 is 17.4 Å². The molecule has 0 saturated carbocycles. The fourth-order valence-electron chi connectivity index (χ4n) is 1.55. The first-order valence-electron chi connectivity index (χ1n) is 5.06. The van der Waals surface area contributed by atoms with Crippen LogP contribution in [0, 0.1) is 0 Å². The summed E-state index contributed by atoms with van der Waals surface area (Å²) in [5, 5.41) is 0. The van der Waals surface area contributed by atoms with Crippen molar-refractivity contribution in [3.8, 4) is 0 Å². The maximum atomic E-state index is 12.1. The van der Waals surface area contributed by atoms with Gasteiger partial charge in [-0.25, -0.2) is 0 Å². The van der Waals surface area contributed by atoms with Gasteiger partial charge in [0, 0.05) is 17.0 Å². The van der Waals surface area contributed by atoms with Crippen LogP contribution < -0.4 is 0 Å². The highest BCUT2D eigenvalue weighted by Crippen LogP contribution is 2.12. The molecular weight excluding hydrogens is 220 g/mol. The van der Waals surface area contributed by atoms with Crippen molar-refractivity contribution in [3.05, 3.63) is 71.3 Å². The minimum atomic E-state index is 0.0348. The van der Waals surface area contributed by atoms with Gasteiger partial charge in [-0.15, -0.1) is 11.6 Å². The first-order valence-corrected chi connectivity index (χ1v) is 5.59. The number of benzene rings is 2. The molecule has 2 heteroatoms. The SMILES string of the molecule is O=C(c1ccccc1)c1cccc(CCl)c1. The molecule has 0 heterocycles. The van der Waals surface area contributed by atoms with Gasteiger partial charge >= 0.3 is 0 Å². The molecule has 2 aromatic rings. The highest BCUT2D eigenvalue weighted by Gasteiger charge is 2.08. The Morgan fingerprint density at radius 1 is 0.938 bits per heavy atom. The van der Waals surface area contributed by atoms with Crippen molar-refractivity contribution in [2.75, 3.05) is 0 Å². The standard InChI is InChI=1S/C14H11ClO/c15-10-11-5-4-8-13(9-11)14(16)12-6-2-1-3-7-12/h1-9H,10H2. The molecule has 0 saturated heterocycles. The predicted molar refractivity (Wildman–Crippen MR) is 65.9 cm³/mol. The Bertz CT molecular complexity index is 491. The summed E-state index contributed by atoms with van der Waals surface area (Å²) >= 11 is 5.74. The molecule has 0 bridgehead atoms. The van der Waals surface area contributed by atoms with Crippen molar-refractivity contribution in [1.82, 2.24) is 0 Å². The molecule has 1 nitrogen and oxygen atoms in total. The zero-order chi connectivity index (χ0) is 11.4. The molecule has 0 aliphatic rings. The normalized spacial score (nSPS) is 10.1. The van der Waals surface area contributed by atoms with Crippen molar-refractivity contribution < 1.29 is 4.79 Å². The minimum absolute atomic E-state index is 0.0348. The lowest BCUT2D eigenvalue weighted by Crippen LogP contribution is -2.01. The summed E-state index contributed by atoms with van der Waals surface area (Å²) in [5.41, 5.74) is 2.35. The van der Waals surface area contributed by atoms with Gasteiger partial charge in [0.25, 0.3) is 0 Å². The van der Waals surface area contributed by atoms with Gasteiger partial charge in [-0.3, -0.25) is 4.79 Å². The molecule has 0 atom stereocenters. The van der Waals surface area contributed by atoms with Crippen LogP contribution in [-0.2, 0) is 5.88 Å². The second kappa shape index (κ2) is 4.95. The van der Waals surface area contributed by atoms with Gasteiger partial charge in [-0.2, -0.15) is 0 Å². The summed E-state index contributed by atoms with van der Waals surface area (Å²) in [4.78, 5) is 12.1. The zero-order valence-corrected chi connectivity index (χ0v) is 9.45. The second-order valence-corrected chi connectivity index (χ2v) is 3.80. The highest BCUT2D eigenvalue weighted by atomic mass is 35.5. The Morgan fingerprint density at radius 3 is 2.31 bits per heavy atom. The molecule has 0 aliphatic carbocycles. The lowest BCUT2D eigenvalue weighted by Gasteiger charge is -2.02. The number of carbonyl (C=O) groups is 1. The molecule has 16 heavy (non-hydrogen) atoms. The minimum Gasteiger partial charge on any atom is -0.289 e. The van der Waals surface area contributed by atoms with Crippen molar-refractivity contribution in [2.24, 2.45) is 0 Å². The number of rotatable bonds is 3. The summed E-state index contributed by atoms with van der Waals surface area (Å²) in [6.07, 6.45) is 0. The smallest absolute Gasteiger partial charge is 0.193 e. The van der Waals surface area contributed by atoms with E-state index in [4.69, 9.17) is 11.6 Å². The van der Waals surface area contributed by atoms with Crippen molar-refractivity contribution in [3.63, 3.8) is 0 Å². The number of halogens is 1. The lowest BCUT2D eigenvalue weighted by molar-refractivity contribution is 0.103. The molecule has 2 aromatic carbocycles. The predicted octanol–water partition coefficient (Wildman–Crippen LogP) is 3.66. The fourth-order valence-corrected chi connectivity index (χ4v) is 1.72. The average molecular weight is 231 g/mol. The Morgan fingerprint density at radius 2 is 1.62 bits per heavy atom. The molecular formula is C14H11ClO. The molecule has 0 aliphatic heterocycles. The molecule has 80 valence electrons. The number of carbonyl (C=O) groups excluding carboxylic acids is 1. The molecule has 0 fully saturated rings. The average Bonchev–Trinajstić information content (AvgIpc) is 2.39. The van der Waals surface area contributed by atoms with E-state index in [0.29, 0.717) is 17.0 Å². The van der Waals surface area contributed by atoms with E-state index in [2.05, 4.69) is 0 Å². The van der Waals surface area contributed by atoms with E-state index in [1.165, 1.54) is 0 Å². The van der Waals surface area contributed by atoms with Crippen LogP contribution >= 0.6 is 11.6 Å². The van der Waals surface area contributed by atoms with Crippen molar-refractivity contribution in [2.45, 2.75) is 5.88 Å². The molecule has 0 N–H and O–H groups in total. The van der Waals surface area contributed by atoms with Gasteiger partial charge in [-0.05, 0) is 11.6 Å². The van der Waals surface area contributed by atoms with Crippen LogP contribution in [0.1, 0.15) is 21.5 Å². The van der Waals surface area contributed by atoms with Gasteiger partial charge in [0.1, 0.15) is 0 Å². The van der Waals surface area contributed by atoms with Crippen LogP contribution in [0.15, 0.2) is 54.6 Å². The van der Waals surface area contributed by atoms with Crippen LogP contribution in [-0.4, -0.2) is 5.78 Å². The lowest BCUT2D eigenvalue weighted by atomic mass is 10.0. The van der Waals surface area contributed by atoms with E-state index in [0.717, 1.165) is 5.56 Å². The zero-order valence-electron chi connectivity index (χ0n) is 8.69. The van der Waals surface area contributed by atoms with E-state index in [9.17, 15) is 4.79 Å². The molecule has 0 spiro atoms. The highest BCUT2D eigenvalue weighted by molar-refractivity contribution is 6.17. The summed E-state index contributed by atoms with van der Waals surface area (Å²) in [5.74, 6) is 0.461. The molecule has 0 unspecified atom stereocenters. The van der Waals surface area contributed by atoms with E-state index in [1.807, 2.05) is 54.6 Å². The Kier molecular flexibility index (Phi) is 3.37. The van der Waals surface area contributed by atoms with Crippen molar-refractivity contribution in [1.29, 1.82) is 0 Å². The number of alkyl halides is 1. The van der Waals surface area contributed by atoms with Gasteiger partial charge < -0.3 is 0 Å². The maximum Gasteiger partial charge on any atom is 0.193 e. The third-order valence-electron chi connectivity index (χ3n) is 2.38. The Hall–Kier alpha value is -1.60. The summed E-state index contributed by atoms with van der Waals surface area (Å²) in [6, 6.07) is 16.7. The van der Waals surface area contributed by atoms with Crippen LogP contribution in [0.2, 0.25) is 0 Å². The first-order chi connectivity index (χ1) is 7.81. The summed E-state index contributed by atoms with van der Waals surface area (Å²) in [7, 11) is 0. The molecule has 0 amide bonds. The number of hydrogen-bond acceptors (Lipinski definition) is 1. The summed E-state index contributed by atoms with van der Waals surface area (Å²) in [6.45, 7) is 0. The first kappa shape index (κ1) is 10.9. The third kappa shape index (κ3) is 2.31. The maximum absolute atomic E-state index is 12.1. The Balaban J connectivity index is 2.34. The largest absolute Gasteiger partial charge is 0.289 e. The van der Waals surface area contributed by atoms with Crippen LogP contribution in [0.25, 0.3) is 0 Å². The fraction of sp³-hybridized carbons (Fsp3) is 0.0714. The van der Waals surface area contributed by atoms with Gasteiger partial charge in [0.2, 0.25) is 0 Å². The van der Waals surface area contributed by atoms with Crippen LogP contribution in [0.3, 0.4) is 0 Å². The van der Waals surface area contributed by atoms with Gasteiger partial charge in [0.15, 0.2) is 5.78 Å².